The second-order valence-electron chi connectivity index (χ2n) is 8.55. The molecule has 190 valence electrons. The Kier molecular flexibility index (Phi) is 8.05. The molecule has 0 atom stereocenters. The first-order chi connectivity index (χ1) is 18.0. The number of hydrogen-bond donors (Lipinski definition) is 0. The van der Waals surface area contributed by atoms with Crippen molar-refractivity contribution >= 4 is 63.5 Å². The zero-order chi connectivity index (χ0) is 25.8. The Balaban J connectivity index is 1.31. The molecule has 6 nitrogen and oxygen atoms in total. The van der Waals surface area contributed by atoms with Gasteiger partial charge in [0.2, 0.25) is 0 Å². The van der Waals surface area contributed by atoms with Crippen LogP contribution in [0.25, 0.3) is 6.08 Å². The quantitative estimate of drug-likeness (QED) is 0.320. The number of ether oxygens (including phenoxy) is 2. The third-order valence-electron chi connectivity index (χ3n) is 6.06. The number of thioether (sulfide) groups is 1. The number of amidine groups is 1. The number of anilines is 1. The topological polar surface area (TPSA) is 54.4 Å². The largest absolute Gasteiger partial charge is 0.488 e. The molecule has 2 aliphatic rings. The second-order valence-corrected chi connectivity index (χ2v) is 10.4. The van der Waals surface area contributed by atoms with Gasteiger partial charge in [-0.2, -0.15) is 0 Å². The van der Waals surface area contributed by atoms with E-state index in [0.29, 0.717) is 25.9 Å². The molecule has 0 radical (unpaired) electrons. The summed E-state index contributed by atoms with van der Waals surface area (Å²) in [5, 5.41) is 1.75. The van der Waals surface area contributed by atoms with E-state index in [9.17, 15) is 4.79 Å². The first-order valence-electron chi connectivity index (χ1n) is 11.8. The lowest BCUT2D eigenvalue weighted by Gasteiger charge is -2.28. The third-order valence-corrected chi connectivity index (χ3v) is 7.71. The number of hydrogen-bond acceptors (Lipinski definition) is 6. The smallest absolute Gasteiger partial charge is 0.266 e. The van der Waals surface area contributed by atoms with Gasteiger partial charge in [-0.15, -0.1) is 0 Å². The summed E-state index contributed by atoms with van der Waals surface area (Å²) in [7, 11) is 1.74. The van der Waals surface area contributed by atoms with Gasteiger partial charge in [0.15, 0.2) is 5.17 Å². The molecule has 9 heteroatoms. The van der Waals surface area contributed by atoms with Crippen molar-refractivity contribution in [3.63, 3.8) is 0 Å². The number of para-hydroxylation sites is 1. The van der Waals surface area contributed by atoms with Gasteiger partial charge >= 0.3 is 0 Å². The Labute approximate surface area is 230 Å². The summed E-state index contributed by atoms with van der Waals surface area (Å²) in [6, 6.07) is 21.0. The highest BCUT2D eigenvalue weighted by atomic mass is 35.5. The van der Waals surface area contributed by atoms with Gasteiger partial charge in [0.1, 0.15) is 12.4 Å². The molecule has 0 spiro atoms. The highest BCUT2D eigenvalue weighted by Gasteiger charge is 2.30. The molecular weight excluding hydrogens is 529 g/mol. The molecule has 37 heavy (non-hydrogen) atoms. The maximum atomic E-state index is 13.0. The number of nitrogens with zero attached hydrogens (tertiary/aromatic N) is 3. The van der Waals surface area contributed by atoms with Gasteiger partial charge in [-0.3, -0.25) is 9.69 Å². The van der Waals surface area contributed by atoms with E-state index in [1.165, 1.54) is 11.8 Å². The van der Waals surface area contributed by atoms with Crippen LogP contribution in [0.4, 0.5) is 11.4 Å². The molecule has 3 aromatic carbocycles. The van der Waals surface area contributed by atoms with Crippen LogP contribution in [0.15, 0.2) is 76.6 Å². The first kappa shape index (κ1) is 25.7. The van der Waals surface area contributed by atoms with Crippen LogP contribution in [0.2, 0.25) is 10.0 Å². The van der Waals surface area contributed by atoms with Crippen molar-refractivity contribution in [1.82, 2.24) is 4.90 Å². The van der Waals surface area contributed by atoms with Crippen molar-refractivity contribution in [1.29, 1.82) is 0 Å². The van der Waals surface area contributed by atoms with Crippen LogP contribution < -0.4 is 9.64 Å². The Bertz CT molecular complexity index is 1360. The summed E-state index contributed by atoms with van der Waals surface area (Å²) in [5.41, 5.74) is 3.57. The van der Waals surface area contributed by atoms with Crippen LogP contribution in [0.5, 0.6) is 5.75 Å². The predicted molar refractivity (Wildman–Crippen MR) is 152 cm³/mol. The van der Waals surface area contributed by atoms with Crippen LogP contribution in [-0.2, 0) is 16.1 Å². The minimum Gasteiger partial charge on any atom is -0.488 e. The zero-order valence-electron chi connectivity index (χ0n) is 20.2. The average molecular weight is 554 g/mol. The van der Waals surface area contributed by atoms with Gasteiger partial charge in [0, 0.05) is 47.0 Å². The number of benzene rings is 3. The first-order valence-corrected chi connectivity index (χ1v) is 13.4. The van der Waals surface area contributed by atoms with E-state index in [1.54, 1.807) is 24.1 Å². The molecule has 2 fully saturated rings. The summed E-state index contributed by atoms with van der Waals surface area (Å²) >= 11 is 13.6. The van der Waals surface area contributed by atoms with Crippen molar-refractivity contribution in [2.24, 2.45) is 4.99 Å². The Morgan fingerprint density at radius 1 is 1.05 bits per heavy atom. The maximum absolute atomic E-state index is 13.0. The molecule has 0 aliphatic carbocycles. The molecule has 2 aliphatic heterocycles. The predicted octanol–water partition coefficient (Wildman–Crippen LogP) is 6.64. The molecule has 2 saturated heterocycles. The monoisotopic (exact) mass is 553 g/mol. The van der Waals surface area contributed by atoms with E-state index >= 15 is 0 Å². The fourth-order valence-corrected chi connectivity index (χ4v) is 5.43. The fraction of sp³-hybridized carbons (Fsp3) is 0.214. The van der Waals surface area contributed by atoms with Crippen molar-refractivity contribution in [3.8, 4) is 5.75 Å². The normalized spacial score (nSPS) is 18.2. The molecular formula is C28H25Cl2N3O3S. The summed E-state index contributed by atoms with van der Waals surface area (Å²) < 4.78 is 11.5. The molecule has 0 saturated carbocycles. The van der Waals surface area contributed by atoms with E-state index in [1.807, 2.05) is 48.5 Å². The average Bonchev–Trinajstić information content (AvgIpc) is 3.17. The van der Waals surface area contributed by atoms with Crippen molar-refractivity contribution in [3.05, 3.63) is 92.8 Å². The number of rotatable bonds is 6. The van der Waals surface area contributed by atoms with Crippen molar-refractivity contribution in [2.45, 2.75) is 6.61 Å². The Hall–Kier alpha value is -2.97. The lowest BCUT2D eigenvalue weighted by atomic mass is 10.1. The second kappa shape index (κ2) is 11.6. The van der Waals surface area contributed by atoms with Crippen molar-refractivity contribution < 1.29 is 14.3 Å². The molecule has 0 bridgehead atoms. The van der Waals surface area contributed by atoms with E-state index < -0.39 is 0 Å². The van der Waals surface area contributed by atoms with Gasteiger partial charge in [0.05, 0.1) is 23.8 Å². The van der Waals surface area contributed by atoms with E-state index in [2.05, 4.69) is 17.0 Å². The minimum atomic E-state index is -0.107. The number of halogens is 2. The van der Waals surface area contributed by atoms with Crippen molar-refractivity contribution in [2.75, 3.05) is 38.3 Å². The Morgan fingerprint density at radius 3 is 2.57 bits per heavy atom. The van der Waals surface area contributed by atoms with E-state index in [0.717, 1.165) is 48.8 Å². The number of likely N-dealkylation sites (N-methyl/N-ethyl adjacent to an activating group) is 1. The van der Waals surface area contributed by atoms with Gasteiger partial charge in [-0.05, 0) is 60.3 Å². The van der Waals surface area contributed by atoms with Crippen LogP contribution in [0.3, 0.4) is 0 Å². The highest BCUT2D eigenvalue weighted by Crippen LogP contribution is 2.35. The van der Waals surface area contributed by atoms with Gasteiger partial charge in [-0.1, -0.05) is 47.5 Å². The fourth-order valence-electron chi connectivity index (χ4n) is 3.99. The van der Waals surface area contributed by atoms with Crippen LogP contribution in [0, 0.1) is 0 Å². The lowest BCUT2D eigenvalue weighted by Crippen LogP contribution is -2.36. The van der Waals surface area contributed by atoms with Gasteiger partial charge in [0.25, 0.3) is 5.91 Å². The molecule has 2 heterocycles. The number of morpholine rings is 1. The summed E-state index contributed by atoms with van der Waals surface area (Å²) in [6.07, 6.45) is 1.84. The summed E-state index contributed by atoms with van der Waals surface area (Å²) in [5.74, 6) is 0.547. The molecule has 5 rings (SSSR count). The minimum absolute atomic E-state index is 0.107. The zero-order valence-corrected chi connectivity index (χ0v) is 22.5. The molecule has 0 aromatic heterocycles. The third kappa shape index (κ3) is 6.13. The standard InChI is InChI=1S/C28H25Cl2N3O3S/c1-32-27(34)26(37-28(32)31-22-8-10-23(11-9-22)33-12-14-35-15-13-33)16-19-4-2-3-5-25(19)36-18-20-6-7-21(29)17-24(20)30/h2-11,16-17H,12-15,18H2,1H3/b26-16-,31-28?. The van der Waals surface area contributed by atoms with Crippen LogP contribution in [-0.4, -0.2) is 49.3 Å². The van der Waals surface area contributed by atoms with Gasteiger partial charge < -0.3 is 14.4 Å². The molecule has 0 unspecified atom stereocenters. The van der Waals surface area contributed by atoms with Crippen LogP contribution >= 0.6 is 35.0 Å². The summed E-state index contributed by atoms with van der Waals surface area (Å²) in [6.45, 7) is 3.53. The highest BCUT2D eigenvalue weighted by molar-refractivity contribution is 8.18. The SMILES string of the molecule is CN1C(=O)/C(=C/c2ccccc2OCc2ccc(Cl)cc2Cl)SC1=Nc1ccc(N2CCOCC2)cc1. The number of carbonyl (C=O) groups excluding carboxylic acids is 1. The van der Waals surface area contributed by atoms with Crippen LogP contribution in [0.1, 0.15) is 11.1 Å². The number of carbonyl (C=O) groups is 1. The van der Waals surface area contributed by atoms with E-state index in [-0.39, 0.29) is 12.5 Å². The lowest BCUT2D eigenvalue weighted by molar-refractivity contribution is -0.121. The molecule has 1 amide bonds. The van der Waals surface area contributed by atoms with E-state index in [4.69, 9.17) is 37.7 Å². The number of amides is 1. The maximum Gasteiger partial charge on any atom is 0.266 e. The van der Waals surface area contributed by atoms with Gasteiger partial charge in [-0.25, -0.2) is 4.99 Å². The number of aliphatic imine (C=N–C) groups is 1. The molecule has 3 aromatic rings. The Morgan fingerprint density at radius 2 is 1.81 bits per heavy atom. The molecule has 0 N–H and O–H groups in total. The summed E-state index contributed by atoms with van der Waals surface area (Å²) in [4.78, 5) is 22.2.